The van der Waals surface area contributed by atoms with Crippen LogP contribution in [-0.4, -0.2) is 50.5 Å². The number of hydrogen-bond acceptors (Lipinski definition) is 11. The fourth-order valence-electron chi connectivity index (χ4n) is 3.70. The molecule has 0 unspecified atom stereocenters. The molecular weight excluding hydrogens is 597 g/mol. The minimum absolute atomic E-state index is 0.0121. The zero-order valence-electron chi connectivity index (χ0n) is 21.6. The standard InChI is InChI=1S/C26H25ClFN5O4S3/c1-3-36-22-12-21-18(24(30-14-29-21)31-16-5-6-20(28)19(27)11-16)10-15(22)9-17(34)13-33-26(38)40-25(32-33)39-8-7-23(35)37-4-2/h5-6,10-12,14H,3-4,7-9,13H2,1-2H3,(H,29,30,31). The summed E-state index contributed by atoms with van der Waals surface area (Å²) in [6.45, 7) is 4.35. The van der Waals surface area contributed by atoms with E-state index >= 15 is 0 Å². The van der Waals surface area contributed by atoms with E-state index < -0.39 is 5.82 Å². The second-order valence-electron chi connectivity index (χ2n) is 8.30. The van der Waals surface area contributed by atoms with Gasteiger partial charge in [-0.05, 0) is 50.3 Å². The quantitative estimate of drug-likeness (QED) is 0.102. The van der Waals surface area contributed by atoms with Crippen molar-refractivity contribution in [2.45, 2.75) is 37.6 Å². The molecule has 0 aliphatic heterocycles. The average molecular weight is 622 g/mol. The van der Waals surface area contributed by atoms with Crippen molar-refractivity contribution in [1.82, 2.24) is 19.7 Å². The molecule has 0 bridgehead atoms. The number of esters is 1. The van der Waals surface area contributed by atoms with Crippen LogP contribution < -0.4 is 10.1 Å². The Morgan fingerprint density at radius 2 is 2.02 bits per heavy atom. The van der Waals surface area contributed by atoms with Crippen LogP contribution in [0.1, 0.15) is 25.8 Å². The van der Waals surface area contributed by atoms with Crippen molar-refractivity contribution >= 4 is 81.1 Å². The second kappa shape index (κ2) is 14.0. The van der Waals surface area contributed by atoms with Crippen molar-refractivity contribution in [3.63, 3.8) is 0 Å². The number of thioether (sulfide) groups is 1. The predicted molar refractivity (Wildman–Crippen MR) is 157 cm³/mol. The number of carbonyl (C=O) groups excluding carboxylic acids is 2. The molecule has 0 aliphatic rings. The van der Waals surface area contributed by atoms with E-state index in [1.165, 1.54) is 46.2 Å². The molecule has 4 aromatic rings. The summed E-state index contributed by atoms with van der Waals surface area (Å²) in [5.74, 6) is 0.599. The number of rotatable bonds is 13. The number of halogens is 2. The summed E-state index contributed by atoms with van der Waals surface area (Å²) >= 11 is 14.0. The van der Waals surface area contributed by atoms with Gasteiger partial charge in [-0.2, -0.15) is 5.10 Å². The maximum Gasteiger partial charge on any atom is 0.306 e. The Balaban J connectivity index is 1.52. The summed E-state index contributed by atoms with van der Waals surface area (Å²) in [6, 6.07) is 7.85. The molecule has 1 N–H and O–H groups in total. The van der Waals surface area contributed by atoms with Crippen LogP contribution in [-0.2, 0) is 27.3 Å². The lowest BCUT2D eigenvalue weighted by Crippen LogP contribution is -2.14. The Bertz CT molecular complexity index is 1600. The van der Waals surface area contributed by atoms with Gasteiger partial charge in [-0.3, -0.25) is 9.59 Å². The van der Waals surface area contributed by atoms with Crippen LogP contribution in [0.25, 0.3) is 10.9 Å². The lowest BCUT2D eigenvalue weighted by atomic mass is 10.0. The van der Waals surface area contributed by atoms with Crippen molar-refractivity contribution in [1.29, 1.82) is 0 Å². The molecule has 2 heterocycles. The lowest BCUT2D eigenvalue weighted by molar-refractivity contribution is -0.142. The maximum absolute atomic E-state index is 13.6. The molecule has 0 saturated carbocycles. The number of nitrogens with one attached hydrogen (secondary N) is 1. The van der Waals surface area contributed by atoms with E-state index in [0.29, 0.717) is 61.0 Å². The highest BCUT2D eigenvalue weighted by Crippen LogP contribution is 2.31. The van der Waals surface area contributed by atoms with E-state index in [4.69, 9.17) is 33.3 Å². The smallest absolute Gasteiger partial charge is 0.306 e. The molecule has 0 amide bonds. The number of ketones is 1. The van der Waals surface area contributed by atoms with Gasteiger partial charge < -0.3 is 14.8 Å². The first-order valence-corrected chi connectivity index (χ1v) is 14.9. The third-order valence-electron chi connectivity index (χ3n) is 5.44. The van der Waals surface area contributed by atoms with Gasteiger partial charge in [0, 0.05) is 34.9 Å². The second-order valence-corrected chi connectivity index (χ2v) is 11.7. The third-order valence-corrected chi connectivity index (χ3v) is 8.17. The number of fused-ring (bicyclic) bond motifs is 1. The normalized spacial score (nSPS) is 11.0. The number of aromatic nitrogens is 4. The van der Waals surface area contributed by atoms with E-state index in [9.17, 15) is 14.0 Å². The van der Waals surface area contributed by atoms with Crippen LogP contribution in [0.15, 0.2) is 41.0 Å². The van der Waals surface area contributed by atoms with E-state index in [0.717, 1.165) is 0 Å². The van der Waals surface area contributed by atoms with Crippen molar-refractivity contribution in [3.8, 4) is 5.75 Å². The highest BCUT2D eigenvalue weighted by atomic mass is 35.5. The van der Waals surface area contributed by atoms with Gasteiger partial charge in [0.05, 0.1) is 30.2 Å². The fourth-order valence-corrected chi connectivity index (χ4v) is 6.21. The molecule has 0 aliphatic carbocycles. The molecule has 0 fully saturated rings. The van der Waals surface area contributed by atoms with Crippen LogP contribution in [0.5, 0.6) is 5.75 Å². The highest BCUT2D eigenvalue weighted by Gasteiger charge is 2.16. The van der Waals surface area contributed by atoms with Gasteiger partial charge in [0.25, 0.3) is 0 Å². The molecule has 9 nitrogen and oxygen atoms in total. The van der Waals surface area contributed by atoms with E-state index in [1.54, 1.807) is 19.1 Å². The predicted octanol–water partition coefficient (Wildman–Crippen LogP) is 6.41. The van der Waals surface area contributed by atoms with E-state index in [1.807, 2.05) is 13.0 Å². The van der Waals surface area contributed by atoms with Crippen molar-refractivity contribution in [2.75, 3.05) is 24.3 Å². The zero-order chi connectivity index (χ0) is 28.6. The monoisotopic (exact) mass is 621 g/mol. The van der Waals surface area contributed by atoms with Gasteiger partial charge in [-0.25, -0.2) is 19.0 Å². The van der Waals surface area contributed by atoms with Gasteiger partial charge in [0.15, 0.2) is 14.1 Å². The van der Waals surface area contributed by atoms with Gasteiger partial charge >= 0.3 is 5.97 Å². The van der Waals surface area contributed by atoms with Crippen LogP contribution in [0.3, 0.4) is 0 Å². The zero-order valence-corrected chi connectivity index (χ0v) is 24.8. The highest BCUT2D eigenvalue weighted by molar-refractivity contribution is 8.01. The number of ether oxygens (including phenoxy) is 2. The molecule has 40 heavy (non-hydrogen) atoms. The number of benzene rings is 2. The summed E-state index contributed by atoms with van der Waals surface area (Å²) in [5, 5.41) is 8.21. The first kappa shape index (κ1) is 29.8. The molecule has 0 atom stereocenters. The topological polar surface area (TPSA) is 108 Å². The lowest BCUT2D eigenvalue weighted by Gasteiger charge is -2.14. The first-order chi connectivity index (χ1) is 19.3. The van der Waals surface area contributed by atoms with Crippen LogP contribution in [0, 0.1) is 9.77 Å². The number of nitrogens with zero attached hydrogens (tertiary/aromatic N) is 4. The molecule has 0 spiro atoms. The molecular formula is C26H25ClFN5O4S3. The third kappa shape index (κ3) is 7.74. The van der Waals surface area contributed by atoms with E-state index in [2.05, 4.69) is 20.4 Å². The fraction of sp³-hybridized carbons (Fsp3) is 0.308. The van der Waals surface area contributed by atoms with Crippen molar-refractivity contribution in [3.05, 3.63) is 57.0 Å². The van der Waals surface area contributed by atoms with Gasteiger partial charge in [0.2, 0.25) is 0 Å². The first-order valence-electron chi connectivity index (χ1n) is 12.3. The minimum atomic E-state index is -0.524. The number of hydrogen-bond donors (Lipinski definition) is 1. The van der Waals surface area contributed by atoms with Gasteiger partial charge in [-0.15, -0.1) is 0 Å². The van der Waals surface area contributed by atoms with Crippen molar-refractivity contribution in [2.24, 2.45) is 0 Å². The van der Waals surface area contributed by atoms with Crippen LogP contribution in [0.4, 0.5) is 15.9 Å². The Morgan fingerprint density at radius 3 is 2.77 bits per heavy atom. The minimum Gasteiger partial charge on any atom is -0.494 e. The molecule has 14 heteroatoms. The number of anilines is 2. The molecule has 2 aromatic heterocycles. The van der Waals surface area contributed by atoms with E-state index in [-0.39, 0.29) is 36.2 Å². The number of carbonyl (C=O) groups is 2. The summed E-state index contributed by atoms with van der Waals surface area (Å²) in [4.78, 5) is 33.4. The van der Waals surface area contributed by atoms with Gasteiger partial charge in [-0.1, -0.05) is 34.7 Å². The van der Waals surface area contributed by atoms with Crippen LogP contribution in [0.2, 0.25) is 5.02 Å². The van der Waals surface area contributed by atoms with Gasteiger partial charge in [0.1, 0.15) is 30.3 Å². The summed E-state index contributed by atoms with van der Waals surface area (Å²) in [5.41, 5.74) is 1.81. The average Bonchev–Trinajstić information content (AvgIpc) is 3.25. The summed E-state index contributed by atoms with van der Waals surface area (Å²) in [7, 11) is 0. The largest absolute Gasteiger partial charge is 0.494 e. The maximum atomic E-state index is 13.6. The SMILES string of the molecule is CCOC(=O)CCSc1nn(CC(=O)Cc2cc3c(Nc4ccc(F)c(Cl)c4)ncnc3cc2OCC)c(=S)s1. The Kier molecular flexibility index (Phi) is 10.4. The van der Waals surface area contributed by atoms with Crippen LogP contribution >= 0.6 is 46.9 Å². The summed E-state index contributed by atoms with van der Waals surface area (Å²) < 4.78 is 27.0. The molecule has 2 aromatic carbocycles. The Labute approximate surface area is 248 Å². The Morgan fingerprint density at radius 1 is 1.20 bits per heavy atom. The Hall–Kier alpha value is -3.13. The molecule has 4 rings (SSSR count). The molecule has 210 valence electrons. The summed E-state index contributed by atoms with van der Waals surface area (Å²) in [6.07, 6.45) is 1.73. The molecule has 0 saturated heterocycles. The number of Topliss-reactive ketones (excluding diaryl/α,β-unsaturated/α-hetero) is 1. The van der Waals surface area contributed by atoms with Crippen molar-refractivity contribution < 1.29 is 23.5 Å². The molecule has 0 radical (unpaired) electrons.